The largest absolute Gasteiger partial charge is 0.351 e. The number of nitrogens with one attached hydrogen (secondary N) is 2. The van der Waals surface area contributed by atoms with Crippen LogP contribution in [0.25, 0.3) is 0 Å². The minimum absolute atomic E-state index is 0.0126. The van der Waals surface area contributed by atoms with Gasteiger partial charge in [-0.15, -0.1) is 0 Å². The summed E-state index contributed by atoms with van der Waals surface area (Å²) in [6, 6.07) is 26.5. The Bertz CT molecular complexity index is 996. The molecule has 3 aromatic rings. The Morgan fingerprint density at radius 3 is 1.86 bits per heavy atom. The zero-order chi connectivity index (χ0) is 20.0. The van der Waals surface area contributed by atoms with Crippen LogP contribution in [0.2, 0.25) is 0 Å². The number of benzene rings is 3. The van der Waals surface area contributed by atoms with E-state index in [2.05, 4.69) is 10.0 Å². The molecule has 0 spiro atoms. The van der Waals surface area contributed by atoms with Gasteiger partial charge in [-0.05, 0) is 23.3 Å². The number of rotatable bonds is 7. The Labute approximate surface area is 165 Å². The highest BCUT2D eigenvalue weighted by Crippen LogP contribution is 2.24. The van der Waals surface area contributed by atoms with Gasteiger partial charge in [0.2, 0.25) is 10.0 Å². The molecule has 2 N–H and O–H groups in total. The molecule has 0 atom stereocenters. The Kier molecular flexibility index (Phi) is 6.11. The van der Waals surface area contributed by atoms with E-state index in [0.29, 0.717) is 6.54 Å². The highest BCUT2D eigenvalue weighted by Gasteiger charge is 2.18. The van der Waals surface area contributed by atoms with Crippen molar-refractivity contribution in [1.82, 2.24) is 5.32 Å². The SMILES string of the molecule is CS(=O)(=O)Nc1ccccc1C(=O)NCC(c1ccccc1)c1ccccc1. The van der Waals surface area contributed by atoms with Gasteiger partial charge in [0, 0.05) is 12.5 Å². The molecule has 3 rings (SSSR count). The first-order chi connectivity index (χ1) is 13.4. The molecule has 0 radical (unpaired) electrons. The van der Waals surface area contributed by atoms with E-state index in [0.717, 1.165) is 17.4 Å². The fourth-order valence-electron chi connectivity index (χ4n) is 3.06. The summed E-state index contributed by atoms with van der Waals surface area (Å²) in [5.41, 5.74) is 2.74. The number of hydrogen-bond acceptors (Lipinski definition) is 3. The quantitative estimate of drug-likeness (QED) is 0.643. The molecule has 5 nitrogen and oxygen atoms in total. The Hall–Kier alpha value is -3.12. The molecule has 0 heterocycles. The zero-order valence-electron chi connectivity index (χ0n) is 15.5. The average Bonchev–Trinajstić information content (AvgIpc) is 2.69. The lowest BCUT2D eigenvalue weighted by molar-refractivity contribution is 0.0953. The standard InChI is InChI=1S/C22H22N2O3S/c1-28(26,27)24-21-15-9-8-14-19(21)22(25)23-16-20(17-10-4-2-5-11-17)18-12-6-3-7-13-18/h2-15,20,24H,16H2,1H3,(H,23,25). The van der Waals surface area contributed by atoms with Crippen LogP contribution in [0.3, 0.4) is 0 Å². The van der Waals surface area contributed by atoms with Crippen molar-refractivity contribution in [2.75, 3.05) is 17.5 Å². The second-order valence-corrected chi connectivity index (χ2v) is 8.25. The molecule has 3 aromatic carbocycles. The van der Waals surface area contributed by atoms with Crippen molar-refractivity contribution < 1.29 is 13.2 Å². The molecule has 0 aliphatic heterocycles. The Balaban J connectivity index is 1.82. The van der Waals surface area contributed by atoms with Crippen LogP contribution >= 0.6 is 0 Å². The lowest BCUT2D eigenvalue weighted by Crippen LogP contribution is -2.29. The van der Waals surface area contributed by atoms with Crippen LogP contribution in [-0.4, -0.2) is 27.1 Å². The summed E-state index contributed by atoms with van der Waals surface area (Å²) < 4.78 is 25.5. The molecule has 0 aromatic heterocycles. The summed E-state index contributed by atoms with van der Waals surface area (Å²) in [7, 11) is -3.48. The molecule has 0 saturated carbocycles. The molecule has 6 heteroatoms. The average molecular weight is 394 g/mol. The monoisotopic (exact) mass is 394 g/mol. The van der Waals surface area contributed by atoms with Gasteiger partial charge in [0.05, 0.1) is 17.5 Å². The van der Waals surface area contributed by atoms with Crippen LogP contribution in [0.5, 0.6) is 0 Å². The lowest BCUT2D eigenvalue weighted by Gasteiger charge is -2.19. The molecule has 0 saturated heterocycles. The van der Waals surface area contributed by atoms with Crippen LogP contribution in [0.15, 0.2) is 84.9 Å². The summed E-state index contributed by atoms with van der Waals surface area (Å²) >= 11 is 0. The first-order valence-electron chi connectivity index (χ1n) is 8.89. The number of amides is 1. The Morgan fingerprint density at radius 2 is 1.32 bits per heavy atom. The molecule has 0 aliphatic rings. The molecule has 144 valence electrons. The van der Waals surface area contributed by atoms with Crippen LogP contribution < -0.4 is 10.0 Å². The van der Waals surface area contributed by atoms with Gasteiger partial charge in [0.25, 0.3) is 5.91 Å². The van der Waals surface area contributed by atoms with Gasteiger partial charge in [-0.25, -0.2) is 8.42 Å². The van der Waals surface area contributed by atoms with E-state index in [1.54, 1.807) is 24.3 Å². The number of sulfonamides is 1. The van der Waals surface area contributed by atoms with Crippen LogP contribution in [0.1, 0.15) is 27.4 Å². The molecule has 0 fully saturated rings. The van der Waals surface area contributed by atoms with Crippen molar-refractivity contribution in [3.63, 3.8) is 0 Å². The maximum absolute atomic E-state index is 12.8. The topological polar surface area (TPSA) is 75.3 Å². The molecular weight excluding hydrogens is 372 g/mol. The number of para-hydroxylation sites is 1. The van der Waals surface area contributed by atoms with Crippen LogP contribution in [0.4, 0.5) is 5.69 Å². The first-order valence-corrected chi connectivity index (χ1v) is 10.8. The third-order valence-corrected chi connectivity index (χ3v) is 4.93. The minimum atomic E-state index is -3.48. The van der Waals surface area contributed by atoms with Crippen molar-refractivity contribution in [2.45, 2.75) is 5.92 Å². The highest BCUT2D eigenvalue weighted by atomic mass is 32.2. The van der Waals surface area contributed by atoms with Crippen molar-refractivity contribution in [1.29, 1.82) is 0 Å². The first kappa shape index (κ1) is 19.6. The normalized spacial score (nSPS) is 11.2. The third kappa shape index (κ3) is 5.20. The van der Waals surface area contributed by atoms with E-state index in [4.69, 9.17) is 0 Å². The van der Waals surface area contributed by atoms with Gasteiger partial charge in [-0.3, -0.25) is 9.52 Å². The van der Waals surface area contributed by atoms with Crippen molar-refractivity contribution in [2.24, 2.45) is 0 Å². The van der Waals surface area contributed by atoms with Gasteiger partial charge in [0.15, 0.2) is 0 Å². The van der Waals surface area contributed by atoms with E-state index in [1.165, 1.54) is 0 Å². The van der Waals surface area contributed by atoms with E-state index in [-0.39, 0.29) is 23.1 Å². The molecule has 0 unspecified atom stereocenters. The van der Waals surface area contributed by atoms with E-state index in [9.17, 15) is 13.2 Å². The summed E-state index contributed by atoms with van der Waals surface area (Å²) in [6.07, 6.45) is 1.06. The number of carbonyl (C=O) groups excluding carboxylic acids is 1. The van der Waals surface area contributed by atoms with E-state index in [1.807, 2.05) is 60.7 Å². The maximum Gasteiger partial charge on any atom is 0.253 e. The molecule has 28 heavy (non-hydrogen) atoms. The van der Waals surface area contributed by atoms with Gasteiger partial charge in [-0.2, -0.15) is 0 Å². The molecule has 0 aliphatic carbocycles. The van der Waals surface area contributed by atoms with E-state index >= 15 is 0 Å². The highest BCUT2D eigenvalue weighted by molar-refractivity contribution is 7.92. The summed E-state index contributed by atoms with van der Waals surface area (Å²) in [4.78, 5) is 12.8. The van der Waals surface area contributed by atoms with Crippen molar-refractivity contribution >= 4 is 21.6 Å². The third-order valence-electron chi connectivity index (χ3n) is 4.34. The fraction of sp³-hybridized carbons (Fsp3) is 0.136. The fourth-order valence-corrected chi connectivity index (χ4v) is 3.64. The second kappa shape index (κ2) is 8.71. The van der Waals surface area contributed by atoms with Crippen molar-refractivity contribution in [3.8, 4) is 0 Å². The predicted molar refractivity (Wildman–Crippen MR) is 112 cm³/mol. The van der Waals surface area contributed by atoms with Crippen LogP contribution in [0, 0.1) is 0 Å². The summed E-state index contributed by atoms with van der Waals surface area (Å²) in [6.45, 7) is 0.389. The van der Waals surface area contributed by atoms with Gasteiger partial charge < -0.3 is 5.32 Å². The molecule has 0 bridgehead atoms. The second-order valence-electron chi connectivity index (χ2n) is 6.50. The molecule has 1 amide bonds. The smallest absolute Gasteiger partial charge is 0.253 e. The zero-order valence-corrected chi connectivity index (χ0v) is 16.3. The summed E-state index contributed by atoms with van der Waals surface area (Å²) in [5, 5.41) is 2.95. The lowest BCUT2D eigenvalue weighted by atomic mass is 9.91. The van der Waals surface area contributed by atoms with Crippen molar-refractivity contribution in [3.05, 3.63) is 102 Å². The van der Waals surface area contributed by atoms with Gasteiger partial charge in [-0.1, -0.05) is 72.8 Å². The van der Waals surface area contributed by atoms with E-state index < -0.39 is 10.0 Å². The molecular formula is C22H22N2O3S. The van der Waals surface area contributed by atoms with Gasteiger partial charge >= 0.3 is 0 Å². The van der Waals surface area contributed by atoms with Crippen LogP contribution in [-0.2, 0) is 10.0 Å². The maximum atomic E-state index is 12.8. The minimum Gasteiger partial charge on any atom is -0.351 e. The number of hydrogen-bond donors (Lipinski definition) is 2. The Morgan fingerprint density at radius 1 is 0.821 bits per heavy atom. The number of anilines is 1. The predicted octanol–water partition coefficient (Wildman–Crippen LogP) is 3.62. The number of carbonyl (C=O) groups is 1. The van der Waals surface area contributed by atoms with Gasteiger partial charge in [0.1, 0.15) is 0 Å². The summed E-state index contributed by atoms with van der Waals surface area (Å²) in [5.74, 6) is -0.343.